The summed E-state index contributed by atoms with van der Waals surface area (Å²) in [6, 6.07) is 17.8. The van der Waals surface area contributed by atoms with Crippen molar-refractivity contribution < 1.29 is 9.53 Å². The van der Waals surface area contributed by atoms with Gasteiger partial charge in [-0.3, -0.25) is 4.79 Å². The highest BCUT2D eigenvalue weighted by Gasteiger charge is 2.38. The van der Waals surface area contributed by atoms with Crippen molar-refractivity contribution in [1.29, 1.82) is 0 Å². The van der Waals surface area contributed by atoms with Gasteiger partial charge in [0.25, 0.3) is 5.91 Å². The molecule has 1 saturated carbocycles. The van der Waals surface area contributed by atoms with E-state index in [1.807, 2.05) is 42.5 Å². The number of para-hydroxylation sites is 1. The molecule has 1 fully saturated rings. The number of ether oxygens (including phenoxy) is 1. The van der Waals surface area contributed by atoms with Gasteiger partial charge in [0.1, 0.15) is 5.75 Å². The fraction of sp³-hybridized carbons (Fsp3) is 0.458. The van der Waals surface area contributed by atoms with E-state index in [0.717, 1.165) is 37.1 Å². The van der Waals surface area contributed by atoms with Crippen molar-refractivity contribution in [1.82, 2.24) is 10.2 Å². The average Bonchev–Trinajstić information content (AvgIpc) is 2.72. The van der Waals surface area contributed by atoms with Gasteiger partial charge in [-0.15, -0.1) is 0 Å². The molecule has 1 amide bonds. The van der Waals surface area contributed by atoms with Crippen LogP contribution >= 0.6 is 11.6 Å². The molecule has 0 aromatic heterocycles. The lowest BCUT2D eigenvalue weighted by Gasteiger charge is -2.45. The fourth-order valence-corrected chi connectivity index (χ4v) is 4.27. The summed E-state index contributed by atoms with van der Waals surface area (Å²) in [5, 5.41) is 3.96. The summed E-state index contributed by atoms with van der Waals surface area (Å²) in [6.45, 7) is 1.80. The van der Waals surface area contributed by atoms with Crippen molar-refractivity contribution in [3.05, 3.63) is 65.2 Å². The minimum Gasteiger partial charge on any atom is -0.481 e. The number of nitrogens with one attached hydrogen (secondary N) is 1. The van der Waals surface area contributed by atoms with Crippen LogP contribution in [-0.4, -0.2) is 42.6 Å². The van der Waals surface area contributed by atoms with Crippen molar-refractivity contribution in [2.45, 2.75) is 56.7 Å². The van der Waals surface area contributed by atoms with Crippen LogP contribution < -0.4 is 10.1 Å². The van der Waals surface area contributed by atoms with Gasteiger partial charge >= 0.3 is 0 Å². The Labute approximate surface area is 179 Å². The normalized spacial score (nSPS) is 22.9. The van der Waals surface area contributed by atoms with Crippen molar-refractivity contribution in [3.63, 3.8) is 0 Å². The molecule has 5 heteroatoms. The smallest absolute Gasteiger partial charge is 0.260 e. The van der Waals surface area contributed by atoms with Gasteiger partial charge in [0.05, 0.1) is 0 Å². The van der Waals surface area contributed by atoms with Gasteiger partial charge in [-0.2, -0.15) is 0 Å². The van der Waals surface area contributed by atoms with Crippen LogP contribution in [0.5, 0.6) is 5.75 Å². The molecular weight excluding hydrogens is 384 g/mol. The Kier molecular flexibility index (Phi) is 7.20. The van der Waals surface area contributed by atoms with E-state index in [4.69, 9.17) is 16.3 Å². The first kappa shape index (κ1) is 21.7. The summed E-state index contributed by atoms with van der Waals surface area (Å²) in [5.41, 5.74) is 1.41. The van der Waals surface area contributed by atoms with E-state index < -0.39 is 6.10 Å². The molecular formula is C24H31ClN2O2. The molecule has 1 unspecified atom stereocenters. The highest BCUT2D eigenvalue weighted by atomic mass is 35.5. The van der Waals surface area contributed by atoms with Gasteiger partial charge in [0, 0.05) is 16.6 Å². The summed E-state index contributed by atoms with van der Waals surface area (Å²) >= 11 is 6.03. The van der Waals surface area contributed by atoms with Crippen molar-refractivity contribution in [2.24, 2.45) is 0 Å². The van der Waals surface area contributed by atoms with Crippen LogP contribution in [0.1, 0.15) is 38.2 Å². The van der Waals surface area contributed by atoms with Crippen LogP contribution in [-0.2, 0) is 11.2 Å². The first-order valence-electron chi connectivity index (χ1n) is 10.3. The van der Waals surface area contributed by atoms with Crippen LogP contribution in [0.3, 0.4) is 0 Å². The van der Waals surface area contributed by atoms with Crippen molar-refractivity contribution in [2.75, 3.05) is 14.1 Å². The second kappa shape index (κ2) is 9.64. The summed E-state index contributed by atoms with van der Waals surface area (Å²) in [6.07, 6.45) is 4.51. The van der Waals surface area contributed by atoms with Crippen molar-refractivity contribution >= 4 is 17.5 Å². The molecule has 29 heavy (non-hydrogen) atoms. The maximum Gasteiger partial charge on any atom is 0.260 e. The van der Waals surface area contributed by atoms with Gasteiger partial charge < -0.3 is 15.0 Å². The third-order valence-corrected chi connectivity index (χ3v) is 6.34. The van der Waals surface area contributed by atoms with E-state index in [1.54, 1.807) is 6.92 Å². The molecule has 1 aliphatic carbocycles. The van der Waals surface area contributed by atoms with E-state index in [0.29, 0.717) is 5.75 Å². The zero-order chi connectivity index (χ0) is 20.9. The maximum absolute atomic E-state index is 12.6. The molecule has 0 saturated heterocycles. The number of halogens is 1. The van der Waals surface area contributed by atoms with E-state index in [1.165, 1.54) is 5.56 Å². The highest BCUT2D eigenvalue weighted by Crippen LogP contribution is 2.35. The van der Waals surface area contributed by atoms with Gasteiger partial charge in [0.15, 0.2) is 6.10 Å². The third-order valence-electron chi connectivity index (χ3n) is 6.08. The van der Waals surface area contributed by atoms with Gasteiger partial charge in [0.2, 0.25) is 0 Å². The number of hydrogen-bond donors (Lipinski definition) is 1. The van der Waals surface area contributed by atoms with E-state index >= 15 is 0 Å². The molecule has 3 rings (SSSR count). The monoisotopic (exact) mass is 414 g/mol. The molecule has 0 spiro atoms. The first-order valence-corrected chi connectivity index (χ1v) is 10.7. The Morgan fingerprint density at radius 3 is 2.34 bits per heavy atom. The van der Waals surface area contributed by atoms with E-state index in [2.05, 4.69) is 36.4 Å². The van der Waals surface area contributed by atoms with Crippen LogP contribution in [0.2, 0.25) is 5.02 Å². The molecule has 0 heterocycles. The molecule has 1 N–H and O–H groups in total. The second-order valence-electron chi connectivity index (χ2n) is 8.28. The molecule has 1 atom stereocenters. The predicted octanol–water partition coefficient (Wildman–Crippen LogP) is 4.71. The standard InChI is InChI=1S/C24H31ClN2O2/c1-18(29-22-7-5-4-6-8-22)23(28)26-21-13-15-24(16-14-21,27(2)3)17-19-9-11-20(25)12-10-19/h4-12,18,21H,13-17H2,1-3H3,(H,26,28). The number of carbonyl (C=O) groups excluding carboxylic acids is 1. The number of rotatable bonds is 7. The Bertz CT molecular complexity index is 784. The molecule has 2 aromatic carbocycles. The van der Waals surface area contributed by atoms with E-state index in [-0.39, 0.29) is 17.5 Å². The number of hydrogen-bond acceptors (Lipinski definition) is 3. The first-order chi connectivity index (χ1) is 13.9. The molecule has 0 radical (unpaired) electrons. The predicted molar refractivity (Wildman–Crippen MR) is 119 cm³/mol. The number of likely N-dealkylation sites (N-methyl/N-ethyl adjacent to an activating group) is 1. The highest BCUT2D eigenvalue weighted by molar-refractivity contribution is 6.30. The maximum atomic E-state index is 12.6. The number of amides is 1. The minimum atomic E-state index is -0.507. The molecule has 156 valence electrons. The summed E-state index contributed by atoms with van der Waals surface area (Å²) < 4.78 is 5.75. The van der Waals surface area contributed by atoms with Crippen LogP contribution in [0.4, 0.5) is 0 Å². The minimum absolute atomic E-state index is 0.0473. The fourth-order valence-electron chi connectivity index (χ4n) is 4.14. The quantitative estimate of drug-likeness (QED) is 0.713. The molecule has 0 aliphatic heterocycles. The van der Waals surface area contributed by atoms with Gasteiger partial charge in [-0.25, -0.2) is 0 Å². The Morgan fingerprint density at radius 1 is 1.14 bits per heavy atom. The second-order valence-corrected chi connectivity index (χ2v) is 8.71. The molecule has 2 aromatic rings. The SMILES string of the molecule is CC(Oc1ccccc1)C(=O)NC1CCC(Cc2ccc(Cl)cc2)(N(C)C)CC1. The average molecular weight is 415 g/mol. The summed E-state index contributed by atoms with van der Waals surface area (Å²) in [5.74, 6) is 0.669. The molecule has 4 nitrogen and oxygen atoms in total. The zero-order valence-electron chi connectivity index (χ0n) is 17.5. The van der Waals surface area contributed by atoms with Crippen LogP contribution in [0.15, 0.2) is 54.6 Å². The van der Waals surface area contributed by atoms with Crippen LogP contribution in [0.25, 0.3) is 0 Å². The third kappa shape index (κ3) is 5.74. The van der Waals surface area contributed by atoms with Gasteiger partial charge in [-0.1, -0.05) is 41.9 Å². The number of nitrogens with zero attached hydrogens (tertiary/aromatic N) is 1. The molecule has 0 bridgehead atoms. The number of carbonyl (C=O) groups is 1. The Balaban J connectivity index is 1.54. The lowest BCUT2D eigenvalue weighted by atomic mass is 9.75. The Hall–Kier alpha value is -2.04. The topological polar surface area (TPSA) is 41.6 Å². The van der Waals surface area contributed by atoms with Crippen molar-refractivity contribution in [3.8, 4) is 5.75 Å². The van der Waals surface area contributed by atoms with E-state index in [9.17, 15) is 4.79 Å². The van der Waals surface area contributed by atoms with Gasteiger partial charge in [-0.05, 0) is 83.0 Å². The lowest BCUT2D eigenvalue weighted by Crippen LogP contribution is -2.53. The van der Waals surface area contributed by atoms with Crippen LogP contribution in [0, 0.1) is 0 Å². The summed E-state index contributed by atoms with van der Waals surface area (Å²) in [4.78, 5) is 14.9. The lowest BCUT2D eigenvalue weighted by molar-refractivity contribution is -0.128. The number of benzene rings is 2. The molecule has 1 aliphatic rings. The summed E-state index contributed by atoms with van der Waals surface area (Å²) in [7, 11) is 4.31. The Morgan fingerprint density at radius 2 is 1.76 bits per heavy atom. The largest absolute Gasteiger partial charge is 0.481 e. The zero-order valence-corrected chi connectivity index (χ0v) is 18.3.